The van der Waals surface area contributed by atoms with Crippen LogP contribution in [-0.2, 0) is 19.5 Å². The monoisotopic (exact) mass is 399 g/mol. The van der Waals surface area contributed by atoms with Crippen molar-refractivity contribution < 1.29 is 14.0 Å². The quantitative estimate of drug-likeness (QED) is 0.844. The number of nitrogens with one attached hydrogen (secondary N) is 1. The van der Waals surface area contributed by atoms with E-state index in [2.05, 4.69) is 12.2 Å². The highest BCUT2D eigenvalue weighted by Gasteiger charge is 2.34. The maximum absolute atomic E-state index is 13.5. The van der Waals surface area contributed by atoms with Crippen LogP contribution >= 0.6 is 0 Å². The lowest BCUT2D eigenvalue weighted by Crippen LogP contribution is -2.39. The lowest BCUT2D eigenvalue weighted by molar-refractivity contribution is 0.0778. The van der Waals surface area contributed by atoms with Crippen LogP contribution in [0.15, 0.2) is 18.2 Å². The molecule has 0 spiro atoms. The number of rotatable bonds is 2. The number of aryl methyl sites for hydroxylation is 1. The molecular formula is C21H26FN5O2. The third-order valence-corrected chi connectivity index (χ3v) is 5.89. The summed E-state index contributed by atoms with van der Waals surface area (Å²) in [6.07, 6.45) is 1.59. The molecule has 1 N–H and O–H groups in total. The van der Waals surface area contributed by atoms with Gasteiger partial charge < -0.3 is 15.1 Å². The molecule has 1 aromatic heterocycles. The van der Waals surface area contributed by atoms with E-state index in [1.807, 2.05) is 11.7 Å². The number of benzene rings is 1. The van der Waals surface area contributed by atoms with Crippen LogP contribution in [0.2, 0.25) is 0 Å². The summed E-state index contributed by atoms with van der Waals surface area (Å²) in [7, 11) is 1.82. The zero-order valence-electron chi connectivity index (χ0n) is 17.0. The standard InChI is InChI=1S/C21H26FN5O2/c1-4-14-10-25(3)20(28)19-16-12-26(8-7-18(16)24-27(19)11-14)21(29)23-15-5-6-17(22)13(2)9-15/h5-6,9,14H,4,7-8,10-12H2,1-3H3,(H,23,29). The number of carbonyl (C=O) groups is 2. The Kier molecular flexibility index (Phi) is 5.02. The number of halogens is 1. The van der Waals surface area contributed by atoms with E-state index in [4.69, 9.17) is 5.10 Å². The molecule has 1 atom stereocenters. The van der Waals surface area contributed by atoms with Crippen molar-refractivity contribution in [2.24, 2.45) is 5.92 Å². The molecular weight excluding hydrogens is 373 g/mol. The second-order valence-electron chi connectivity index (χ2n) is 7.98. The second kappa shape index (κ2) is 7.50. The van der Waals surface area contributed by atoms with Crippen molar-refractivity contribution in [3.63, 3.8) is 0 Å². The number of anilines is 1. The van der Waals surface area contributed by atoms with Gasteiger partial charge in [0, 0.05) is 44.4 Å². The Hall–Kier alpha value is -2.90. The van der Waals surface area contributed by atoms with Crippen molar-refractivity contribution in [2.75, 3.05) is 25.5 Å². The molecule has 7 nitrogen and oxygen atoms in total. The first kappa shape index (κ1) is 19.4. The van der Waals surface area contributed by atoms with Crippen molar-refractivity contribution in [1.29, 1.82) is 0 Å². The second-order valence-corrected chi connectivity index (χ2v) is 7.98. The van der Waals surface area contributed by atoms with E-state index < -0.39 is 0 Å². The molecule has 2 aromatic rings. The molecule has 0 fully saturated rings. The zero-order valence-corrected chi connectivity index (χ0v) is 17.0. The van der Waals surface area contributed by atoms with Gasteiger partial charge in [-0.15, -0.1) is 0 Å². The normalized spacial score (nSPS) is 18.9. The fraction of sp³-hybridized carbons (Fsp3) is 0.476. The lowest BCUT2D eigenvalue weighted by atomic mass is 10.0. The van der Waals surface area contributed by atoms with Gasteiger partial charge in [0.2, 0.25) is 0 Å². The zero-order chi connectivity index (χ0) is 20.7. The molecule has 2 aliphatic rings. The maximum Gasteiger partial charge on any atom is 0.322 e. The Morgan fingerprint density at radius 2 is 2.14 bits per heavy atom. The third kappa shape index (κ3) is 3.59. The molecule has 0 saturated carbocycles. The molecule has 0 bridgehead atoms. The van der Waals surface area contributed by atoms with Crippen LogP contribution < -0.4 is 5.32 Å². The van der Waals surface area contributed by atoms with Crippen molar-refractivity contribution >= 4 is 17.6 Å². The molecule has 4 rings (SSSR count). The van der Waals surface area contributed by atoms with E-state index >= 15 is 0 Å². The number of hydrogen-bond donors (Lipinski definition) is 1. The average Bonchev–Trinajstić information content (AvgIpc) is 3.00. The summed E-state index contributed by atoms with van der Waals surface area (Å²) in [5, 5.41) is 7.53. The highest BCUT2D eigenvalue weighted by molar-refractivity contribution is 5.95. The number of urea groups is 1. The number of hydrogen-bond acceptors (Lipinski definition) is 3. The molecule has 0 aliphatic carbocycles. The van der Waals surface area contributed by atoms with Crippen molar-refractivity contribution in [1.82, 2.24) is 19.6 Å². The highest BCUT2D eigenvalue weighted by atomic mass is 19.1. The van der Waals surface area contributed by atoms with Crippen LogP contribution in [0.1, 0.15) is 40.7 Å². The molecule has 2 aliphatic heterocycles. The van der Waals surface area contributed by atoms with E-state index in [0.717, 1.165) is 24.2 Å². The summed E-state index contributed by atoms with van der Waals surface area (Å²) >= 11 is 0. The number of fused-ring (bicyclic) bond motifs is 3. The third-order valence-electron chi connectivity index (χ3n) is 5.89. The molecule has 29 heavy (non-hydrogen) atoms. The number of nitrogens with zero attached hydrogens (tertiary/aromatic N) is 4. The SMILES string of the molecule is CCC1CN(C)C(=O)c2c3c(nn2C1)CCN(C(=O)Nc1ccc(F)c(C)c1)C3. The number of aromatic nitrogens is 2. The maximum atomic E-state index is 13.5. The minimum absolute atomic E-state index is 0.0360. The smallest absolute Gasteiger partial charge is 0.322 e. The van der Waals surface area contributed by atoms with Gasteiger partial charge in [-0.2, -0.15) is 5.10 Å². The molecule has 154 valence electrons. The van der Waals surface area contributed by atoms with Gasteiger partial charge in [0.15, 0.2) is 0 Å². The number of amides is 3. The Morgan fingerprint density at radius 3 is 2.86 bits per heavy atom. The number of carbonyl (C=O) groups excluding carboxylic acids is 2. The molecule has 1 unspecified atom stereocenters. The fourth-order valence-electron chi connectivity index (χ4n) is 4.11. The highest BCUT2D eigenvalue weighted by Crippen LogP contribution is 2.27. The van der Waals surface area contributed by atoms with Gasteiger partial charge in [0.25, 0.3) is 5.91 Å². The molecule has 1 aromatic carbocycles. The van der Waals surface area contributed by atoms with Crippen molar-refractivity contribution in [3.05, 3.63) is 46.5 Å². The van der Waals surface area contributed by atoms with Gasteiger partial charge in [-0.05, 0) is 43.0 Å². The van der Waals surface area contributed by atoms with E-state index in [0.29, 0.717) is 48.9 Å². The summed E-state index contributed by atoms with van der Waals surface area (Å²) in [4.78, 5) is 29.2. The predicted molar refractivity (Wildman–Crippen MR) is 107 cm³/mol. The Balaban J connectivity index is 1.57. The first-order chi connectivity index (χ1) is 13.9. The first-order valence-corrected chi connectivity index (χ1v) is 10.0. The Morgan fingerprint density at radius 1 is 1.34 bits per heavy atom. The van der Waals surface area contributed by atoms with Crippen LogP contribution in [0.5, 0.6) is 0 Å². The summed E-state index contributed by atoms with van der Waals surface area (Å²) in [5.41, 5.74) is 3.38. The topological polar surface area (TPSA) is 70.5 Å². The van der Waals surface area contributed by atoms with E-state index in [1.165, 1.54) is 6.07 Å². The van der Waals surface area contributed by atoms with Crippen molar-refractivity contribution in [3.8, 4) is 0 Å². The predicted octanol–water partition coefficient (Wildman–Crippen LogP) is 3.03. The molecule has 3 amide bonds. The van der Waals surface area contributed by atoms with Crippen LogP contribution in [-0.4, -0.2) is 51.7 Å². The minimum atomic E-state index is -0.304. The van der Waals surface area contributed by atoms with Crippen molar-refractivity contribution in [2.45, 2.75) is 39.8 Å². The van der Waals surface area contributed by atoms with E-state index in [9.17, 15) is 14.0 Å². The molecule has 3 heterocycles. The van der Waals surface area contributed by atoms with Crippen LogP contribution in [0, 0.1) is 18.7 Å². The van der Waals surface area contributed by atoms with Crippen LogP contribution in [0.4, 0.5) is 14.9 Å². The molecule has 0 radical (unpaired) electrons. The summed E-state index contributed by atoms with van der Waals surface area (Å²) in [6, 6.07) is 4.24. The molecule has 0 saturated heterocycles. The summed E-state index contributed by atoms with van der Waals surface area (Å²) in [6.45, 7) is 6.08. The van der Waals surface area contributed by atoms with Gasteiger partial charge in [-0.1, -0.05) is 6.92 Å². The van der Waals surface area contributed by atoms with Crippen LogP contribution in [0.3, 0.4) is 0 Å². The lowest BCUT2D eigenvalue weighted by Gasteiger charge is -2.27. The van der Waals surface area contributed by atoms with Gasteiger partial charge in [0.05, 0.1) is 12.2 Å². The van der Waals surface area contributed by atoms with Gasteiger partial charge >= 0.3 is 6.03 Å². The van der Waals surface area contributed by atoms with E-state index in [1.54, 1.807) is 28.9 Å². The van der Waals surface area contributed by atoms with E-state index in [-0.39, 0.29) is 17.8 Å². The molecule has 8 heteroatoms. The Labute approximate surface area is 169 Å². The van der Waals surface area contributed by atoms with Gasteiger partial charge in [0.1, 0.15) is 11.5 Å². The average molecular weight is 399 g/mol. The summed E-state index contributed by atoms with van der Waals surface area (Å²) < 4.78 is 15.3. The van der Waals surface area contributed by atoms with Gasteiger partial charge in [-0.25, -0.2) is 9.18 Å². The largest absolute Gasteiger partial charge is 0.340 e. The first-order valence-electron chi connectivity index (χ1n) is 10.0. The van der Waals surface area contributed by atoms with Crippen LogP contribution in [0.25, 0.3) is 0 Å². The summed E-state index contributed by atoms with van der Waals surface area (Å²) in [5.74, 6) is 0.0278. The van der Waals surface area contributed by atoms with Gasteiger partial charge in [-0.3, -0.25) is 9.48 Å². The minimum Gasteiger partial charge on any atom is -0.340 e. The fourth-order valence-corrected chi connectivity index (χ4v) is 4.11. The Bertz CT molecular complexity index is 970.